The summed E-state index contributed by atoms with van der Waals surface area (Å²) >= 11 is 0. The Kier molecular flexibility index (Phi) is 5.81. The van der Waals surface area contributed by atoms with Crippen molar-refractivity contribution in [3.05, 3.63) is 40.6 Å². The Bertz CT molecular complexity index is 1310. The van der Waals surface area contributed by atoms with E-state index < -0.39 is 14.1 Å². The average Bonchev–Trinajstić information content (AvgIpc) is 3.54. The van der Waals surface area contributed by atoms with Gasteiger partial charge >= 0.3 is 5.97 Å². The number of carbonyl (C=O) groups excluding carboxylic acids is 1. The van der Waals surface area contributed by atoms with Crippen LogP contribution in [0.25, 0.3) is 21.7 Å². The van der Waals surface area contributed by atoms with Gasteiger partial charge in [0.05, 0.1) is 26.6 Å². The molecule has 1 saturated heterocycles. The van der Waals surface area contributed by atoms with Crippen LogP contribution in [0.3, 0.4) is 0 Å². The summed E-state index contributed by atoms with van der Waals surface area (Å²) in [6.45, 7) is 14.6. The lowest BCUT2D eigenvalue weighted by molar-refractivity contribution is -0.163. The smallest absolute Gasteiger partial charge is 0.305 e. The van der Waals surface area contributed by atoms with Gasteiger partial charge in [0.1, 0.15) is 0 Å². The van der Waals surface area contributed by atoms with Crippen molar-refractivity contribution in [2.45, 2.75) is 77.3 Å². The summed E-state index contributed by atoms with van der Waals surface area (Å²) < 4.78 is 30.5. The number of aryl methyl sites for hydroxylation is 3. The first-order valence-electron chi connectivity index (χ1n) is 12.5. The molecular formula is C28H36O6Si. The fourth-order valence-corrected chi connectivity index (χ4v) is 6.27. The third-order valence-electron chi connectivity index (χ3n) is 8.25. The van der Waals surface area contributed by atoms with E-state index in [1.165, 1.54) is 12.7 Å². The molecule has 1 fully saturated rings. The quantitative estimate of drug-likeness (QED) is 0.295. The minimum atomic E-state index is -2.20. The van der Waals surface area contributed by atoms with Gasteiger partial charge < -0.3 is 23.1 Å². The van der Waals surface area contributed by atoms with Gasteiger partial charge in [0.2, 0.25) is 0 Å². The van der Waals surface area contributed by atoms with Crippen LogP contribution in [-0.2, 0) is 37.6 Å². The van der Waals surface area contributed by atoms with Crippen molar-refractivity contribution in [2.75, 3.05) is 20.3 Å². The third-order valence-corrected chi connectivity index (χ3v) is 12.6. The second kappa shape index (κ2) is 8.35. The Balaban J connectivity index is 1.78. The van der Waals surface area contributed by atoms with Gasteiger partial charge in [0, 0.05) is 29.2 Å². The van der Waals surface area contributed by atoms with Crippen LogP contribution in [0.1, 0.15) is 55.9 Å². The highest BCUT2D eigenvalue weighted by molar-refractivity contribution is 6.75. The number of esters is 1. The molecule has 35 heavy (non-hydrogen) atoms. The largest absolute Gasteiger partial charge is 0.541 e. The maximum Gasteiger partial charge on any atom is 0.305 e. The topological polar surface area (TPSA) is 67.1 Å². The van der Waals surface area contributed by atoms with Crippen LogP contribution in [0.4, 0.5) is 0 Å². The van der Waals surface area contributed by atoms with Crippen LogP contribution in [0.15, 0.2) is 22.8 Å². The molecule has 2 aromatic carbocycles. The highest BCUT2D eigenvalue weighted by Crippen LogP contribution is 2.52. The van der Waals surface area contributed by atoms with Crippen molar-refractivity contribution in [1.29, 1.82) is 0 Å². The fourth-order valence-electron chi connectivity index (χ4n) is 5.26. The number of carbonyl (C=O) groups is 1. The van der Waals surface area contributed by atoms with Crippen molar-refractivity contribution in [2.24, 2.45) is 0 Å². The van der Waals surface area contributed by atoms with Gasteiger partial charge in [-0.2, -0.15) is 0 Å². The number of hydrogen-bond donors (Lipinski definition) is 0. The lowest BCUT2D eigenvalue weighted by Gasteiger charge is -2.37. The number of hydrogen-bond acceptors (Lipinski definition) is 6. The summed E-state index contributed by atoms with van der Waals surface area (Å²) in [5.41, 5.74) is 5.25. The zero-order valence-electron chi connectivity index (χ0n) is 21.9. The van der Waals surface area contributed by atoms with Gasteiger partial charge in [-0.25, -0.2) is 0 Å². The SMILES string of the molecule is COC(=O)CCc1coc2c(O[Si](C)(C)C(C)(C)C)c3c4c(ccc3c(C)c12)C1(CC4)OCCO1. The predicted molar refractivity (Wildman–Crippen MR) is 139 cm³/mol. The van der Waals surface area contributed by atoms with Crippen LogP contribution in [0, 0.1) is 6.92 Å². The summed E-state index contributed by atoms with van der Waals surface area (Å²) in [6.07, 6.45) is 4.31. The molecule has 2 aliphatic rings. The van der Waals surface area contributed by atoms with E-state index in [-0.39, 0.29) is 11.0 Å². The maximum atomic E-state index is 11.9. The molecule has 1 aliphatic carbocycles. The second-order valence-corrected chi connectivity index (χ2v) is 16.0. The van der Waals surface area contributed by atoms with Crippen LogP contribution in [0.2, 0.25) is 18.1 Å². The molecule has 3 aromatic rings. The average molecular weight is 497 g/mol. The van der Waals surface area contributed by atoms with E-state index >= 15 is 0 Å². The van der Waals surface area contributed by atoms with Gasteiger partial charge in [-0.15, -0.1) is 0 Å². The Morgan fingerprint density at radius 3 is 2.51 bits per heavy atom. The van der Waals surface area contributed by atoms with Crippen LogP contribution in [-0.4, -0.2) is 34.6 Å². The third kappa shape index (κ3) is 3.79. The van der Waals surface area contributed by atoms with Crippen LogP contribution < -0.4 is 4.43 Å². The molecule has 1 spiro atoms. The molecule has 0 bridgehead atoms. The Hall–Kier alpha value is -2.35. The second-order valence-electron chi connectivity index (χ2n) is 11.3. The van der Waals surface area contributed by atoms with Gasteiger partial charge in [-0.3, -0.25) is 4.79 Å². The molecule has 6 nitrogen and oxygen atoms in total. The summed E-state index contributed by atoms with van der Waals surface area (Å²) in [5.74, 6) is -0.0474. The molecule has 0 unspecified atom stereocenters. The van der Waals surface area contributed by atoms with E-state index in [1.807, 2.05) is 0 Å². The van der Waals surface area contributed by atoms with Gasteiger partial charge in [0.15, 0.2) is 17.1 Å². The summed E-state index contributed by atoms with van der Waals surface area (Å²) in [4.78, 5) is 11.9. The van der Waals surface area contributed by atoms with Crippen molar-refractivity contribution >= 4 is 36.0 Å². The first-order valence-corrected chi connectivity index (χ1v) is 15.4. The lowest BCUT2D eigenvalue weighted by Crippen LogP contribution is -2.44. The molecule has 5 rings (SSSR count). The minimum absolute atomic E-state index is 0.0215. The molecule has 1 aliphatic heterocycles. The standard InChI is InChI=1S/C28H36O6Si/c1-17-19-9-10-21-20(12-13-28(21)32-14-15-33-28)24(19)26(34-35(6,7)27(2,3)4)25-23(17)18(16-31-25)8-11-22(29)30-5/h9-10,16H,8,11-15H2,1-7H3. The Morgan fingerprint density at radius 1 is 1.14 bits per heavy atom. The number of ether oxygens (including phenoxy) is 3. The summed E-state index contributed by atoms with van der Waals surface area (Å²) in [6, 6.07) is 4.34. The van der Waals surface area contributed by atoms with E-state index in [0.717, 1.165) is 57.0 Å². The molecule has 1 aromatic heterocycles. The molecule has 188 valence electrons. The van der Waals surface area contributed by atoms with E-state index in [4.69, 9.17) is 23.1 Å². The number of rotatable bonds is 5. The zero-order valence-corrected chi connectivity index (χ0v) is 22.9. The van der Waals surface area contributed by atoms with Crippen molar-refractivity contribution in [3.63, 3.8) is 0 Å². The van der Waals surface area contributed by atoms with Gasteiger partial charge in [0.25, 0.3) is 8.32 Å². The van der Waals surface area contributed by atoms with Gasteiger partial charge in [-0.05, 0) is 60.0 Å². The minimum Gasteiger partial charge on any atom is -0.541 e. The highest BCUT2D eigenvalue weighted by atomic mass is 28.4. The Labute approximate surface area is 208 Å². The summed E-state index contributed by atoms with van der Waals surface area (Å²) in [7, 11) is -0.778. The predicted octanol–water partition coefficient (Wildman–Crippen LogP) is 6.53. The monoisotopic (exact) mass is 496 g/mol. The Morgan fingerprint density at radius 2 is 1.86 bits per heavy atom. The molecule has 0 atom stereocenters. The molecule has 0 amide bonds. The van der Waals surface area contributed by atoms with E-state index in [9.17, 15) is 4.79 Å². The molecule has 0 N–H and O–H groups in total. The first-order chi connectivity index (χ1) is 16.5. The molecule has 0 radical (unpaired) electrons. The molecule has 0 saturated carbocycles. The number of benzene rings is 2. The van der Waals surface area contributed by atoms with Gasteiger partial charge in [-0.1, -0.05) is 32.9 Å². The van der Waals surface area contributed by atoms with Crippen molar-refractivity contribution in [3.8, 4) is 5.75 Å². The molecule has 2 heterocycles. The van der Waals surface area contributed by atoms with E-state index in [0.29, 0.717) is 26.1 Å². The molecule has 7 heteroatoms. The first kappa shape index (κ1) is 24.3. The normalized spacial score (nSPS) is 17.5. The zero-order chi connectivity index (χ0) is 25.2. The molecular weight excluding hydrogens is 460 g/mol. The van der Waals surface area contributed by atoms with Crippen LogP contribution in [0.5, 0.6) is 5.75 Å². The van der Waals surface area contributed by atoms with E-state index in [1.54, 1.807) is 6.26 Å². The fraction of sp³-hybridized carbons (Fsp3) is 0.536. The summed E-state index contributed by atoms with van der Waals surface area (Å²) in [5, 5.41) is 3.33. The van der Waals surface area contributed by atoms with Crippen molar-refractivity contribution < 1.29 is 27.8 Å². The van der Waals surface area contributed by atoms with Crippen molar-refractivity contribution in [1.82, 2.24) is 0 Å². The number of furan rings is 1. The lowest BCUT2D eigenvalue weighted by atomic mass is 9.92. The number of methoxy groups -OCH3 is 1. The maximum absolute atomic E-state index is 11.9. The number of fused-ring (bicyclic) bond motifs is 5. The van der Waals surface area contributed by atoms with Crippen LogP contribution >= 0.6 is 0 Å². The van der Waals surface area contributed by atoms with E-state index in [2.05, 4.69) is 52.9 Å². The highest BCUT2D eigenvalue weighted by Gasteiger charge is 2.46.